The molecular weight excluding hydrogens is 386 g/mol. The Balaban J connectivity index is 1.80. The normalized spacial score (nSPS) is 15.9. The number of carbonyl (C=O) groups excluding carboxylic acids is 2. The number of carbonyl (C=O) groups is 2. The van der Waals surface area contributed by atoms with Gasteiger partial charge in [0.05, 0.1) is 12.8 Å². The summed E-state index contributed by atoms with van der Waals surface area (Å²) in [5.41, 5.74) is 2.41. The summed E-state index contributed by atoms with van der Waals surface area (Å²) in [6.07, 6.45) is 3.57. The van der Waals surface area contributed by atoms with Crippen LogP contribution in [0, 0.1) is 0 Å². The van der Waals surface area contributed by atoms with E-state index in [2.05, 4.69) is 9.88 Å². The third-order valence-corrected chi connectivity index (χ3v) is 5.16. The van der Waals surface area contributed by atoms with E-state index in [-0.39, 0.29) is 10.7 Å². The van der Waals surface area contributed by atoms with Crippen LogP contribution < -0.4 is 15.0 Å². The van der Waals surface area contributed by atoms with Crippen molar-refractivity contribution in [1.82, 2.24) is 9.88 Å². The van der Waals surface area contributed by atoms with Gasteiger partial charge in [0.15, 0.2) is 5.11 Å². The maximum Gasteiger partial charge on any atom is 0.270 e. The van der Waals surface area contributed by atoms with Gasteiger partial charge in [0.1, 0.15) is 11.3 Å². The van der Waals surface area contributed by atoms with Crippen LogP contribution >= 0.6 is 12.2 Å². The smallest absolute Gasteiger partial charge is 0.270 e. The van der Waals surface area contributed by atoms with Crippen LogP contribution in [0.5, 0.6) is 5.75 Å². The van der Waals surface area contributed by atoms with Crippen LogP contribution in [-0.4, -0.2) is 28.6 Å². The lowest BCUT2D eigenvalue weighted by Gasteiger charge is -2.29. The number of aromatic nitrogens is 1. The highest BCUT2D eigenvalue weighted by Crippen LogP contribution is 2.28. The van der Waals surface area contributed by atoms with Crippen LogP contribution in [0.2, 0.25) is 0 Å². The standard InChI is InChI=1S/C22H19N3O3S/c1-3-24-13-14(17-9-4-5-10-19(17)24)11-18-20(26)23-22(29)25(21(18)27)15-7-6-8-16(12-15)28-2/h4-13H,3H2,1-2H3,(H,23,26,29)/b18-11+. The fourth-order valence-electron chi connectivity index (χ4n) is 3.45. The largest absolute Gasteiger partial charge is 0.497 e. The number of methoxy groups -OCH3 is 1. The number of thiocarbonyl (C=S) groups is 1. The molecule has 0 saturated carbocycles. The first-order valence-electron chi connectivity index (χ1n) is 9.17. The molecular formula is C22H19N3O3S. The van der Waals surface area contributed by atoms with Crippen LogP contribution in [0.1, 0.15) is 12.5 Å². The molecule has 6 nitrogen and oxygen atoms in total. The summed E-state index contributed by atoms with van der Waals surface area (Å²) in [5, 5.41) is 3.64. The molecule has 1 fully saturated rings. The van der Waals surface area contributed by atoms with Gasteiger partial charge in [-0.05, 0) is 43.4 Å². The SMILES string of the molecule is CCn1cc(/C=C2\C(=O)NC(=S)N(c3cccc(OC)c3)C2=O)c2ccccc21. The highest BCUT2D eigenvalue weighted by Gasteiger charge is 2.34. The number of para-hydroxylation sites is 1. The van der Waals surface area contributed by atoms with Crippen molar-refractivity contribution >= 4 is 51.8 Å². The Morgan fingerprint density at radius 1 is 1.14 bits per heavy atom. The summed E-state index contributed by atoms with van der Waals surface area (Å²) in [6, 6.07) is 14.9. The topological polar surface area (TPSA) is 63.6 Å². The number of nitrogens with one attached hydrogen (secondary N) is 1. The molecule has 1 aliphatic heterocycles. The number of hydrogen-bond donors (Lipinski definition) is 1. The molecule has 4 rings (SSSR count). The molecule has 1 saturated heterocycles. The quantitative estimate of drug-likeness (QED) is 0.410. The van der Waals surface area contributed by atoms with E-state index < -0.39 is 11.8 Å². The minimum Gasteiger partial charge on any atom is -0.497 e. The van der Waals surface area contributed by atoms with E-state index in [1.165, 1.54) is 4.90 Å². The van der Waals surface area contributed by atoms with E-state index in [0.717, 1.165) is 23.0 Å². The van der Waals surface area contributed by atoms with Gasteiger partial charge in [-0.2, -0.15) is 0 Å². The zero-order chi connectivity index (χ0) is 20.5. The van der Waals surface area contributed by atoms with E-state index in [4.69, 9.17) is 17.0 Å². The number of hydrogen-bond acceptors (Lipinski definition) is 4. The van der Waals surface area contributed by atoms with Crippen molar-refractivity contribution in [1.29, 1.82) is 0 Å². The number of amides is 2. The summed E-state index contributed by atoms with van der Waals surface area (Å²) < 4.78 is 7.32. The van der Waals surface area contributed by atoms with Gasteiger partial charge in [0, 0.05) is 35.3 Å². The Labute approximate surface area is 173 Å². The summed E-state index contributed by atoms with van der Waals surface area (Å²) in [7, 11) is 1.55. The van der Waals surface area contributed by atoms with Crippen molar-refractivity contribution in [3.63, 3.8) is 0 Å². The summed E-state index contributed by atoms with van der Waals surface area (Å²) in [4.78, 5) is 27.1. The third kappa shape index (κ3) is 3.30. The number of fused-ring (bicyclic) bond motifs is 1. The molecule has 0 unspecified atom stereocenters. The number of aryl methyl sites for hydroxylation is 1. The van der Waals surface area contributed by atoms with Crippen molar-refractivity contribution in [2.75, 3.05) is 12.0 Å². The van der Waals surface area contributed by atoms with E-state index in [9.17, 15) is 9.59 Å². The zero-order valence-corrected chi connectivity index (χ0v) is 16.8. The minimum atomic E-state index is -0.507. The lowest BCUT2D eigenvalue weighted by molar-refractivity contribution is -0.122. The fourth-order valence-corrected chi connectivity index (χ4v) is 3.73. The van der Waals surface area contributed by atoms with Gasteiger partial charge < -0.3 is 9.30 Å². The van der Waals surface area contributed by atoms with Gasteiger partial charge in [-0.3, -0.25) is 19.8 Å². The second-order valence-electron chi connectivity index (χ2n) is 6.55. The van der Waals surface area contributed by atoms with Crippen LogP contribution in [-0.2, 0) is 16.1 Å². The van der Waals surface area contributed by atoms with Crippen LogP contribution in [0.15, 0.2) is 60.3 Å². The molecule has 2 heterocycles. The van der Waals surface area contributed by atoms with Crippen LogP contribution in [0.3, 0.4) is 0 Å². The number of anilines is 1. The molecule has 146 valence electrons. The van der Waals surface area contributed by atoms with Gasteiger partial charge in [-0.1, -0.05) is 24.3 Å². The second kappa shape index (κ2) is 7.52. The minimum absolute atomic E-state index is 0.0282. The first-order chi connectivity index (χ1) is 14.0. The molecule has 2 aromatic carbocycles. The number of ether oxygens (including phenoxy) is 1. The maximum absolute atomic E-state index is 13.2. The fraction of sp³-hybridized carbons (Fsp3) is 0.136. The van der Waals surface area contributed by atoms with E-state index >= 15 is 0 Å². The molecule has 1 N–H and O–H groups in total. The average molecular weight is 405 g/mol. The van der Waals surface area contributed by atoms with E-state index in [0.29, 0.717) is 11.4 Å². The Morgan fingerprint density at radius 2 is 1.93 bits per heavy atom. The predicted molar refractivity (Wildman–Crippen MR) is 117 cm³/mol. The van der Waals surface area contributed by atoms with Crippen LogP contribution in [0.25, 0.3) is 17.0 Å². The first-order valence-corrected chi connectivity index (χ1v) is 9.57. The average Bonchev–Trinajstić information content (AvgIpc) is 3.09. The van der Waals surface area contributed by atoms with Crippen molar-refractivity contribution in [3.8, 4) is 5.75 Å². The molecule has 29 heavy (non-hydrogen) atoms. The van der Waals surface area contributed by atoms with Gasteiger partial charge in [-0.25, -0.2) is 0 Å². The monoisotopic (exact) mass is 405 g/mol. The molecule has 0 aliphatic carbocycles. The van der Waals surface area contributed by atoms with Gasteiger partial charge in [0.2, 0.25) is 0 Å². The predicted octanol–water partition coefficient (Wildman–Crippen LogP) is 3.50. The van der Waals surface area contributed by atoms with Crippen molar-refractivity contribution < 1.29 is 14.3 Å². The molecule has 1 aliphatic rings. The molecule has 0 bridgehead atoms. The zero-order valence-electron chi connectivity index (χ0n) is 16.0. The summed E-state index contributed by atoms with van der Waals surface area (Å²) >= 11 is 5.26. The number of nitrogens with zero attached hydrogens (tertiary/aromatic N) is 2. The Hall–Kier alpha value is -3.45. The second-order valence-corrected chi connectivity index (χ2v) is 6.93. The molecule has 3 aromatic rings. The Kier molecular flexibility index (Phi) is 4.90. The van der Waals surface area contributed by atoms with Gasteiger partial charge >= 0.3 is 0 Å². The molecule has 7 heteroatoms. The highest BCUT2D eigenvalue weighted by molar-refractivity contribution is 7.80. The maximum atomic E-state index is 13.2. The third-order valence-electron chi connectivity index (χ3n) is 4.87. The van der Waals surface area contributed by atoms with Crippen LogP contribution in [0.4, 0.5) is 5.69 Å². The Bertz CT molecular complexity index is 1180. The Morgan fingerprint density at radius 3 is 2.69 bits per heavy atom. The molecule has 0 atom stereocenters. The highest BCUT2D eigenvalue weighted by atomic mass is 32.1. The molecule has 0 radical (unpaired) electrons. The molecule has 0 spiro atoms. The first kappa shape index (κ1) is 18.9. The lowest BCUT2D eigenvalue weighted by atomic mass is 10.1. The van der Waals surface area contributed by atoms with Gasteiger partial charge in [-0.15, -0.1) is 0 Å². The number of rotatable bonds is 4. The molecule has 2 amide bonds. The summed E-state index contributed by atoms with van der Waals surface area (Å²) in [6.45, 7) is 2.83. The van der Waals surface area contributed by atoms with E-state index in [1.54, 1.807) is 37.5 Å². The lowest BCUT2D eigenvalue weighted by Crippen LogP contribution is -2.54. The summed E-state index contributed by atoms with van der Waals surface area (Å²) in [5.74, 6) is -0.389. The van der Waals surface area contributed by atoms with Crippen molar-refractivity contribution in [2.45, 2.75) is 13.5 Å². The van der Waals surface area contributed by atoms with Crippen molar-refractivity contribution in [3.05, 3.63) is 65.9 Å². The number of benzene rings is 2. The van der Waals surface area contributed by atoms with Gasteiger partial charge in [0.25, 0.3) is 11.8 Å². The van der Waals surface area contributed by atoms with Crippen molar-refractivity contribution in [2.24, 2.45) is 0 Å². The van der Waals surface area contributed by atoms with E-state index in [1.807, 2.05) is 37.4 Å². The molecule has 1 aromatic heterocycles.